The summed E-state index contributed by atoms with van der Waals surface area (Å²) >= 11 is 5.13. The molecule has 0 bridgehead atoms. The van der Waals surface area contributed by atoms with E-state index >= 15 is 0 Å². The van der Waals surface area contributed by atoms with Gasteiger partial charge in [-0.15, -0.1) is 11.3 Å². The summed E-state index contributed by atoms with van der Waals surface area (Å²) in [7, 11) is 0. The van der Waals surface area contributed by atoms with E-state index in [1.54, 1.807) is 11.3 Å². The topological polar surface area (TPSA) is 51.2 Å². The number of ether oxygens (including phenoxy) is 1. The molecule has 0 spiro atoms. The number of nitrogens with one attached hydrogen (secondary N) is 1. The minimum absolute atomic E-state index is 0.0341. The first kappa shape index (κ1) is 20.6. The number of halogens is 1. The highest BCUT2D eigenvalue weighted by Crippen LogP contribution is 2.31. The standard InChI is InChI=1S/C24H21BrN2O2S/c1-3-16-13-18(25)7-11-21(16)29-14-23(28)26-19-8-5-17(6-9-19)24-27-20-10-4-15(2)12-22(20)30-24/h4-13H,3,14H2,1-2H3,(H,26,28). The van der Waals surface area contributed by atoms with Gasteiger partial charge in [-0.25, -0.2) is 4.98 Å². The van der Waals surface area contributed by atoms with Crippen LogP contribution in [0, 0.1) is 6.92 Å². The Morgan fingerprint density at radius 1 is 1.10 bits per heavy atom. The maximum Gasteiger partial charge on any atom is 0.262 e. The number of aryl methyl sites for hydroxylation is 2. The average molecular weight is 481 g/mol. The molecule has 0 unspecified atom stereocenters. The molecule has 0 aliphatic rings. The van der Waals surface area contributed by atoms with Gasteiger partial charge in [-0.3, -0.25) is 4.79 Å². The number of hydrogen-bond acceptors (Lipinski definition) is 4. The molecule has 30 heavy (non-hydrogen) atoms. The van der Waals surface area contributed by atoms with Gasteiger partial charge in [0.05, 0.1) is 10.2 Å². The van der Waals surface area contributed by atoms with Crippen molar-refractivity contribution in [1.82, 2.24) is 4.98 Å². The number of thiazole rings is 1. The number of anilines is 1. The summed E-state index contributed by atoms with van der Waals surface area (Å²) in [5, 5.41) is 3.85. The van der Waals surface area contributed by atoms with Crippen molar-refractivity contribution in [1.29, 1.82) is 0 Å². The molecule has 1 amide bonds. The second kappa shape index (κ2) is 8.98. The molecule has 3 aromatic carbocycles. The van der Waals surface area contributed by atoms with Crippen molar-refractivity contribution in [3.63, 3.8) is 0 Å². The molecule has 1 aromatic heterocycles. The molecule has 0 atom stereocenters. The van der Waals surface area contributed by atoms with Gasteiger partial charge in [0.2, 0.25) is 0 Å². The fourth-order valence-corrected chi connectivity index (χ4v) is 4.63. The van der Waals surface area contributed by atoms with E-state index in [0.717, 1.165) is 44.0 Å². The van der Waals surface area contributed by atoms with E-state index in [4.69, 9.17) is 9.72 Å². The van der Waals surface area contributed by atoms with Crippen LogP contribution in [0.5, 0.6) is 5.75 Å². The molecule has 0 aliphatic carbocycles. The molecule has 4 nitrogen and oxygen atoms in total. The van der Waals surface area contributed by atoms with Gasteiger partial charge in [-0.2, -0.15) is 0 Å². The Kier molecular flexibility index (Phi) is 6.16. The third kappa shape index (κ3) is 4.71. The molecule has 1 N–H and O–H groups in total. The van der Waals surface area contributed by atoms with E-state index in [2.05, 4.69) is 53.3 Å². The van der Waals surface area contributed by atoms with Crippen LogP contribution >= 0.6 is 27.3 Å². The Morgan fingerprint density at radius 3 is 2.67 bits per heavy atom. The number of carbonyl (C=O) groups excluding carboxylic acids is 1. The van der Waals surface area contributed by atoms with Crippen molar-refractivity contribution in [2.24, 2.45) is 0 Å². The monoisotopic (exact) mass is 480 g/mol. The molecule has 0 saturated heterocycles. The van der Waals surface area contributed by atoms with E-state index in [9.17, 15) is 4.79 Å². The van der Waals surface area contributed by atoms with Crippen LogP contribution in [0.1, 0.15) is 18.1 Å². The highest BCUT2D eigenvalue weighted by atomic mass is 79.9. The van der Waals surface area contributed by atoms with Gasteiger partial charge in [-0.05, 0) is 79.1 Å². The zero-order chi connectivity index (χ0) is 21.1. The van der Waals surface area contributed by atoms with Crippen LogP contribution in [0.2, 0.25) is 0 Å². The average Bonchev–Trinajstić information content (AvgIpc) is 3.16. The molecule has 4 aromatic rings. The van der Waals surface area contributed by atoms with Crippen molar-refractivity contribution in [2.45, 2.75) is 20.3 Å². The number of hydrogen-bond donors (Lipinski definition) is 1. The van der Waals surface area contributed by atoms with Gasteiger partial charge < -0.3 is 10.1 Å². The largest absolute Gasteiger partial charge is 0.483 e. The third-order valence-corrected chi connectivity index (χ3v) is 6.28. The van der Waals surface area contributed by atoms with Gasteiger partial charge >= 0.3 is 0 Å². The SMILES string of the molecule is CCc1cc(Br)ccc1OCC(=O)Nc1ccc(-c2nc3ccc(C)cc3s2)cc1. The molecule has 152 valence electrons. The molecule has 0 fully saturated rings. The highest BCUT2D eigenvalue weighted by Gasteiger charge is 2.09. The fourth-order valence-electron chi connectivity index (χ4n) is 3.16. The number of fused-ring (bicyclic) bond motifs is 1. The summed E-state index contributed by atoms with van der Waals surface area (Å²) in [4.78, 5) is 17.0. The Morgan fingerprint density at radius 2 is 1.90 bits per heavy atom. The van der Waals surface area contributed by atoms with Crippen LogP contribution < -0.4 is 10.1 Å². The number of nitrogens with zero attached hydrogens (tertiary/aromatic N) is 1. The first-order valence-electron chi connectivity index (χ1n) is 9.70. The number of rotatable bonds is 6. The minimum Gasteiger partial charge on any atom is -0.483 e. The number of amides is 1. The first-order valence-corrected chi connectivity index (χ1v) is 11.3. The van der Waals surface area contributed by atoms with Gasteiger partial charge in [0.15, 0.2) is 6.61 Å². The lowest BCUT2D eigenvalue weighted by Gasteiger charge is -2.11. The summed E-state index contributed by atoms with van der Waals surface area (Å²) in [6.07, 6.45) is 0.836. The molecule has 0 aliphatic heterocycles. The number of carbonyl (C=O) groups is 1. The second-order valence-corrected chi connectivity index (χ2v) is 8.96. The van der Waals surface area contributed by atoms with Gasteiger partial charge in [0.25, 0.3) is 5.91 Å². The third-order valence-electron chi connectivity index (χ3n) is 4.72. The highest BCUT2D eigenvalue weighted by molar-refractivity contribution is 9.10. The molecule has 0 saturated carbocycles. The van der Waals surface area contributed by atoms with Crippen LogP contribution in [0.3, 0.4) is 0 Å². The molecular weight excluding hydrogens is 460 g/mol. The molecule has 4 rings (SSSR count). The van der Waals surface area contributed by atoms with E-state index in [0.29, 0.717) is 0 Å². The van der Waals surface area contributed by atoms with Crippen molar-refractivity contribution >= 4 is 49.1 Å². The smallest absolute Gasteiger partial charge is 0.262 e. The van der Waals surface area contributed by atoms with Crippen LogP contribution in [0.15, 0.2) is 65.1 Å². The van der Waals surface area contributed by atoms with Crippen molar-refractivity contribution in [2.75, 3.05) is 11.9 Å². The van der Waals surface area contributed by atoms with Crippen LogP contribution in [0.25, 0.3) is 20.8 Å². The normalized spacial score (nSPS) is 10.9. The zero-order valence-corrected chi connectivity index (χ0v) is 19.1. The van der Waals surface area contributed by atoms with E-state index < -0.39 is 0 Å². The van der Waals surface area contributed by atoms with Gasteiger partial charge in [0, 0.05) is 15.7 Å². The summed E-state index contributed by atoms with van der Waals surface area (Å²) in [6, 6.07) is 19.8. The van der Waals surface area contributed by atoms with Crippen LogP contribution in [-0.2, 0) is 11.2 Å². The second-order valence-electron chi connectivity index (χ2n) is 7.01. The Bertz CT molecular complexity index is 1200. The quantitative estimate of drug-likeness (QED) is 0.337. The lowest BCUT2D eigenvalue weighted by atomic mass is 10.1. The lowest BCUT2D eigenvalue weighted by molar-refractivity contribution is -0.118. The van der Waals surface area contributed by atoms with Gasteiger partial charge in [-0.1, -0.05) is 28.9 Å². The van der Waals surface area contributed by atoms with E-state index in [-0.39, 0.29) is 12.5 Å². The van der Waals surface area contributed by atoms with Crippen LogP contribution in [-0.4, -0.2) is 17.5 Å². The number of benzene rings is 3. The maximum absolute atomic E-state index is 12.3. The zero-order valence-electron chi connectivity index (χ0n) is 16.7. The molecule has 1 heterocycles. The van der Waals surface area contributed by atoms with Crippen molar-refractivity contribution in [3.05, 3.63) is 76.3 Å². The van der Waals surface area contributed by atoms with Crippen molar-refractivity contribution in [3.8, 4) is 16.3 Å². The number of aromatic nitrogens is 1. The van der Waals surface area contributed by atoms with E-state index in [1.165, 1.54) is 10.3 Å². The molecular formula is C24H21BrN2O2S. The lowest BCUT2D eigenvalue weighted by Crippen LogP contribution is -2.20. The van der Waals surface area contributed by atoms with Crippen molar-refractivity contribution < 1.29 is 9.53 Å². The summed E-state index contributed by atoms with van der Waals surface area (Å²) in [6.45, 7) is 4.11. The summed E-state index contributed by atoms with van der Waals surface area (Å²) in [5.41, 5.74) is 5.07. The Balaban J connectivity index is 1.40. The summed E-state index contributed by atoms with van der Waals surface area (Å²) < 4.78 is 7.89. The van der Waals surface area contributed by atoms with Crippen LogP contribution in [0.4, 0.5) is 5.69 Å². The predicted octanol–water partition coefficient (Wildman–Crippen LogP) is 6.61. The first-order chi connectivity index (χ1) is 14.5. The summed E-state index contributed by atoms with van der Waals surface area (Å²) in [5.74, 6) is 0.542. The maximum atomic E-state index is 12.3. The molecule has 0 radical (unpaired) electrons. The van der Waals surface area contributed by atoms with Gasteiger partial charge in [0.1, 0.15) is 10.8 Å². The molecule has 6 heteroatoms. The minimum atomic E-state index is -0.191. The Labute approximate surface area is 188 Å². The fraction of sp³-hybridized carbons (Fsp3) is 0.167. The Hall–Kier alpha value is -2.70. The predicted molar refractivity (Wildman–Crippen MR) is 127 cm³/mol. The van der Waals surface area contributed by atoms with E-state index in [1.807, 2.05) is 42.5 Å².